The maximum Gasteiger partial charge on any atom is 0.333 e. The molecule has 10 nitrogen and oxygen atoms in total. The average molecular weight is 551 g/mol. The van der Waals surface area contributed by atoms with Crippen molar-refractivity contribution in [1.29, 1.82) is 0 Å². The molecule has 0 radical (unpaired) electrons. The topological polar surface area (TPSA) is 154 Å². The zero-order valence-electron chi connectivity index (χ0n) is 19.4. The molecular formula is C23H26N4O6S3. The molecule has 1 saturated carbocycles. The van der Waals surface area contributed by atoms with E-state index in [2.05, 4.69) is 30.9 Å². The van der Waals surface area contributed by atoms with E-state index in [0.717, 1.165) is 22.4 Å². The van der Waals surface area contributed by atoms with Crippen LogP contribution in [0, 0.1) is 12.8 Å². The summed E-state index contributed by atoms with van der Waals surface area (Å²) in [6.07, 6.45) is 3.56. The minimum atomic E-state index is -4.09. The number of aliphatic hydroxyl groups is 1. The van der Waals surface area contributed by atoms with Crippen molar-refractivity contribution in [1.82, 2.24) is 9.97 Å². The van der Waals surface area contributed by atoms with Crippen LogP contribution >= 0.6 is 22.7 Å². The molecule has 36 heavy (non-hydrogen) atoms. The van der Waals surface area contributed by atoms with Gasteiger partial charge >= 0.3 is 10.3 Å². The number of nitrogens with zero attached hydrogens (tertiary/aromatic N) is 2. The molecule has 13 heteroatoms. The lowest BCUT2D eigenvalue weighted by atomic mass is 9.99. The Kier molecular flexibility index (Phi) is 7.23. The van der Waals surface area contributed by atoms with E-state index >= 15 is 0 Å². The van der Waals surface area contributed by atoms with E-state index < -0.39 is 22.3 Å². The zero-order valence-corrected chi connectivity index (χ0v) is 21.9. The maximum atomic E-state index is 13.5. The average Bonchev–Trinajstić information content (AvgIpc) is 3.55. The molecule has 0 aromatic carbocycles. The Labute approximate surface area is 216 Å². The number of aliphatic hydroxyl groups excluding tert-OH is 1. The van der Waals surface area contributed by atoms with Gasteiger partial charge in [0.1, 0.15) is 18.2 Å². The third-order valence-corrected chi connectivity index (χ3v) is 9.07. The molecule has 1 aliphatic carbocycles. The number of hydrogen-bond donors (Lipinski definition) is 3. The van der Waals surface area contributed by atoms with Gasteiger partial charge in [0.25, 0.3) is 0 Å². The maximum absolute atomic E-state index is 13.5. The van der Waals surface area contributed by atoms with Crippen LogP contribution in [-0.4, -0.2) is 54.6 Å². The Bertz CT molecular complexity index is 1370. The van der Waals surface area contributed by atoms with E-state index in [4.69, 9.17) is 9.88 Å². The van der Waals surface area contributed by atoms with Gasteiger partial charge in [0.05, 0.1) is 29.8 Å². The van der Waals surface area contributed by atoms with Gasteiger partial charge < -0.3 is 15.2 Å². The molecule has 5 rings (SSSR count). The number of nitrogens with one attached hydrogen (secondary N) is 1. The molecule has 0 amide bonds. The van der Waals surface area contributed by atoms with Crippen molar-refractivity contribution in [3.05, 3.63) is 61.4 Å². The van der Waals surface area contributed by atoms with Crippen LogP contribution in [0.3, 0.4) is 0 Å². The number of carbonyl (C=O) groups excluding carboxylic acids is 1. The van der Waals surface area contributed by atoms with Crippen LogP contribution in [0.4, 0.5) is 5.82 Å². The van der Waals surface area contributed by atoms with Gasteiger partial charge in [0, 0.05) is 34.3 Å². The van der Waals surface area contributed by atoms with Crippen LogP contribution in [0.25, 0.3) is 0 Å². The molecule has 1 aliphatic heterocycles. The molecule has 0 unspecified atom stereocenters. The summed E-state index contributed by atoms with van der Waals surface area (Å²) in [4.78, 5) is 24.8. The number of thiophene rings is 2. The first kappa shape index (κ1) is 25.4. The van der Waals surface area contributed by atoms with Gasteiger partial charge in [-0.15, -0.1) is 22.7 Å². The highest BCUT2D eigenvalue weighted by atomic mass is 32.2. The van der Waals surface area contributed by atoms with Crippen LogP contribution in [0.2, 0.25) is 0 Å². The summed E-state index contributed by atoms with van der Waals surface area (Å²) in [5, 5.41) is 20.5. The molecule has 0 spiro atoms. The fourth-order valence-corrected chi connectivity index (χ4v) is 7.05. The lowest BCUT2D eigenvalue weighted by molar-refractivity contribution is 0.0711. The van der Waals surface area contributed by atoms with Crippen LogP contribution in [-0.2, 0) is 25.6 Å². The summed E-state index contributed by atoms with van der Waals surface area (Å²) in [6, 6.07) is 3.76. The van der Waals surface area contributed by atoms with Gasteiger partial charge in [-0.1, -0.05) is 0 Å². The number of fused-ring (bicyclic) bond motifs is 1. The third-order valence-electron chi connectivity index (χ3n) is 6.54. The largest absolute Gasteiger partial charge is 0.393 e. The SMILES string of the molecule is Cc1sc(C(=O)c2cncnc2N[C@@H]2C[C@H](COS(N)(=O)=O)[C@@H](O)C2)cc1[C@@H]1OCCc2sccc21. The molecule has 3 aromatic heterocycles. The molecule has 1 fully saturated rings. The van der Waals surface area contributed by atoms with Gasteiger partial charge in [-0.3, -0.25) is 8.98 Å². The second kappa shape index (κ2) is 10.2. The first-order valence-electron chi connectivity index (χ1n) is 11.4. The number of carbonyl (C=O) groups is 1. The smallest absolute Gasteiger partial charge is 0.333 e. The number of ether oxygens (including phenoxy) is 1. The molecular weight excluding hydrogens is 524 g/mol. The van der Waals surface area contributed by atoms with Gasteiger partial charge in [-0.25, -0.2) is 15.1 Å². The number of hydrogen-bond acceptors (Lipinski definition) is 11. The van der Waals surface area contributed by atoms with Crippen LogP contribution in [0.5, 0.6) is 0 Å². The van der Waals surface area contributed by atoms with E-state index in [1.165, 1.54) is 28.7 Å². The summed E-state index contributed by atoms with van der Waals surface area (Å²) >= 11 is 3.15. The van der Waals surface area contributed by atoms with E-state index in [1.54, 1.807) is 11.3 Å². The predicted octanol–water partition coefficient (Wildman–Crippen LogP) is 2.57. The summed E-state index contributed by atoms with van der Waals surface area (Å²) in [7, 11) is -4.09. The Balaban J connectivity index is 1.33. The van der Waals surface area contributed by atoms with E-state index in [0.29, 0.717) is 35.7 Å². The number of rotatable bonds is 8. The van der Waals surface area contributed by atoms with Crippen LogP contribution in [0.15, 0.2) is 30.0 Å². The molecule has 3 aromatic rings. The van der Waals surface area contributed by atoms with Gasteiger partial charge in [-0.2, -0.15) is 8.42 Å². The minimum absolute atomic E-state index is 0.182. The zero-order chi connectivity index (χ0) is 25.4. The van der Waals surface area contributed by atoms with Crippen molar-refractivity contribution >= 4 is 44.6 Å². The quantitative estimate of drug-likeness (QED) is 0.359. The molecule has 4 heterocycles. The van der Waals surface area contributed by atoms with E-state index in [9.17, 15) is 18.3 Å². The van der Waals surface area contributed by atoms with Crippen molar-refractivity contribution in [3.8, 4) is 0 Å². The van der Waals surface area contributed by atoms with Crippen molar-refractivity contribution in [2.75, 3.05) is 18.5 Å². The second-order valence-corrected chi connectivity index (χ2v) is 12.4. The molecule has 0 saturated heterocycles. The highest BCUT2D eigenvalue weighted by Gasteiger charge is 2.35. The Morgan fingerprint density at radius 1 is 1.36 bits per heavy atom. The lowest BCUT2D eigenvalue weighted by Gasteiger charge is -2.23. The first-order valence-corrected chi connectivity index (χ1v) is 14.6. The van der Waals surface area contributed by atoms with Gasteiger partial charge in [0.2, 0.25) is 5.78 Å². The monoisotopic (exact) mass is 550 g/mol. The number of aryl methyl sites for hydroxylation is 1. The van der Waals surface area contributed by atoms with E-state index in [1.807, 2.05) is 13.0 Å². The molecule has 2 aliphatic rings. The summed E-state index contributed by atoms with van der Waals surface area (Å²) in [5.74, 6) is -0.255. The third kappa shape index (κ3) is 5.37. The number of anilines is 1. The Morgan fingerprint density at radius 3 is 3.00 bits per heavy atom. The number of nitrogens with two attached hydrogens (primary N) is 1. The molecule has 4 N–H and O–H groups in total. The van der Waals surface area contributed by atoms with Crippen LogP contribution in [0.1, 0.15) is 55.1 Å². The van der Waals surface area contributed by atoms with Crippen molar-refractivity contribution in [2.24, 2.45) is 11.1 Å². The standard InChI is InChI=1S/C23H26N4O6S3/c1-12-16(22-15-3-5-34-19(15)2-4-32-22)8-20(35-12)21(29)17-9-25-11-26-23(17)27-14-6-13(18(28)7-14)10-33-36(24,30)31/h3,5,8-9,11,13-14,18,22,28H,2,4,6-7,10H2,1H3,(H2,24,30,31)(H,25,26,27)/t13-,14-,18+,22-/m1/s1. The normalized spacial score (nSPS) is 24.0. The minimum Gasteiger partial charge on any atom is -0.393 e. The van der Waals surface area contributed by atoms with Gasteiger partial charge in [-0.05, 0) is 48.4 Å². The molecule has 192 valence electrons. The van der Waals surface area contributed by atoms with Crippen LogP contribution < -0.4 is 10.5 Å². The summed E-state index contributed by atoms with van der Waals surface area (Å²) in [6.45, 7) is 2.43. The summed E-state index contributed by atoms with van der Waals surface area (Å²) < 4.78 is 32.9. The second-order valence-electron chi connectivity index (χ2n) is 8.95. The van der Waals surface area contributed by atoms with E-state index in [-0.39, 0.29) is 24.5 Å². The first-order chi connectivity index (χ1) is 17.2. The van der Waals surface area contributed by atoms with Gasteiger partial charge in [0.15, 0.2) is 0 Å². The molecule has 4 atom stereocenters. The molecule has 0 bridgehead atoms. The lowest BCUT2D eigenvalue weighted by Crippen LogP contribution is -2.24. The number of ketones is 1. The van der Waals surface area contributed by atoms with Crippen molar-refractivity contribution in [2.45, 2.75) is 44.4 Å². The Hall–Kier alpha value is -2.26. The fraction of sp³-hybridized carbons (Fsp3) is 0.435. The highest BCUT2D eigenvalue weighted by Crippen LogP contribution is 2.40. The predicted molar refractivity (Wildman–Crippen MR) is 136 cm³/mol. The van der Waals surface area contributed by atoms with Crippen molar-refractivity contribution in [3.63, 3.8) is 0 Å². The number of aromatic nitrogens is 2. The van der Waals surface area contributed by atoms with Crippen molar-refractivity contribution < 1.29 is 27.2 Å². The summed E-state index contributed by atoms with van der Waals surface area (Å²) in [5.41, 5.74) is 2.48. The highest BCUT2D eigenvalue weighted by molar-refractivity contribution is 7.84. The Morgan fingerprint density at radius 2 is 2.19 bits per heavy atom. The fourth-order valence-electron chi connectivity index (χ4n) is 4.79.